The lowest BCUT2D eigenvalue weighted by molar-refractivity contribution is 0.122. The monoisotopic (exact) mass is 427 g/mol. The molecule has 0 amide bonds. The van der Waals surface area contributed by atoms with Gasteiger partial charge in [0.1, 0.15) is 5.82 Å². The fraction of sp³-hybridized carbons (Fsp3) is 0.333. The minimum Gasteiger partial charge on any atom is -0.385 e. The van der Waals surface area contributed by atoms with Crippen molar-refractivity contribution in [3.8, 4) is 22.8 Å². The number of ether oxygens (including phenoxy) is 1. The summed E-state index contributed by atoms with van der Waals surface area (Å²) in [7, 11) is 2.01. The minimum absolute atomic E-state index is 0.688. The lowest BCUT2D eigenvalue weighted by Gasteiger charge is -2.28. The van der Waals surface area contributed by atoms with Crippen molar-refractivity contribution in [3.05, 3.63) is 48.3 Å². The predicted molar refractivity (Wildman–Crippen MR) is 125 cm³/mol. The molecule has 3 aromatic heterocycles. The standard InChI is InChI=1S/C24H25N7O/c1-30-22(17-6-9-25-10-7-17)27-20-23(30)28-21(29-24(20)31-11-13-32-14-12-31)18-5-4-16-3-2-8-26-19(16)15-18/h4-7,9-10,15,26H,2-3,8,11-14H2,1H3. The lowest BCUT2D eigenvalue weighted by Crippen LogP contribution is -2.37. The zero-order valence-corrected chi connectivity index (χ0v) is 18.1. The van der Waals surface area contributed by atoms with Crippen LogP contribution in [0.15, 0.2) is 42.7 Å². The minimum atomic E-state index is 0.688. The molecule has 1 aromatic carbocycles. The second-order valence-corrected chi connectivity index (χ2v) is 8.28. The van der Waals surface area contributed by atoms with Gasteiger partial charge in [0.15, 0.2) is 22.8 Å². The van der Waals surface area contributed by atoms with E-state index in [-0.39, 0.29) is 0 Å². The molecule has 1 saturated heterocycles. The molecule has 8 nitrogen and oxygen atoms in total. The summed E-state index contributed by atoms with van der Waals surface area (Å²) in [6, 6.07) is 10.5. The van der Waals surface area contributed by atoms with E-state index in [1.54, 1.807) is 12.4 Å². The quantitative estimate of drug-likeness (QED) is 0.537. The summed E-state index contributed by atoms with van der Waals surface area (Å²) < 4.78 is 7.63. The molecule has 4 aromatic rings. The van der Waals surface area contributed by atoms with Crippen LogP contribution in [0.1, 0.15) is 12.0 Å². The van der Waals surface area contributed by atoms with Crippen molar-refractivity contribution in [1.82, 2.24) is 24.5 Å². The maximum atomic E-state index is 5.58. The van der Waals surface area contributed by atoms with Gasteiger partial charge in [-0.05, 0) is 36.6 Å². The van der Waals surface area contributed by atoms with Crippen LogP contribution < -0.4 is 10.2 Å². The van der Waals surface area contributed by atoms with Crippen molar-refractivity contribution >= 4 is 22.7 Å². The van der Waals surface area contributed by atoms with Crippen molar-refractivity contribution in [2.75, 3.05) is 43.1 Å². The molecule has 0 radical (unpaired) electrons. The topological polar surface area (TPSA) is 81.0 Å². The van der Waals surface area contributed by atoms with E-state index in [0.29, 0.717) is 13.2 Å². The number of benzene rings is 1. The number of aromatic nitrogens is 5. The first kappa shape index (κ1) is 19.2. The summed E-state index contributed by atoms with van der Waals surface area (Å²) in [4.78, 5) is 21.4. The number of pyridine rings is 1. The second kappa shape index (κ2) is 7.87. The van der Waals surface area contributed by atoms with Gasteiger partial charge in [0.25, 0.3) is 0 Å². The third-order valence-electron chi connectivity index (χ3n) is 6.26. The average Bonchev–Trinajstić information content (AvgIpc) is 3.20. The maximum Gasteiger partial charge on any atom is 0.166 e. The lowest BCUT2D eigenvalue weighted by atomic mass is 10.0. The van der Waals surface area contributed by atoms with Gasteiger partial charge >= 0.3 is 0 Å². The fourth-order valence-corrected chi connectivity index (χ4v) is 4.53. The Morgan fingerprint density at radius 1 is 0.969 bits per heavy atom. The third kappa shape index (κ3) is 3.27. The molecule has 162 valence electrons. The predicted octanol–water partition coefficient (Wildman–Crippen LogP) is 3.29. The molecule has 0 unspecified atom stereocenters. The molecular formula is C24H25N7O. The molecule has 0 spiro atoms. The Morgan fingerprint density at radius 2 is 1.81 bits per heavy atom. The smallest absolute Gasteiger partial charge is 0.166 e. The second-order valence-electron chi connectivity index (χ2n) is 8.28. The number of nitrogens with zero attached hydrogens (tertiary/aromatic N) is 6. The summed E-state index contributed by atoms with van der Waals surface area (Å²) >= 11 is 0. The largest absolute Gasteiger partial charge is 0.385 e. The van der Waals surface area contributed by atoms with Gasteiger partial charge in [-0.25, -0.2) is 15.0 Å². The number of rotatable bonds is 3. The van der Waals surface area contributed by atoms with Gasteiger partial charge in [0, 0.05) is 55.9 Å². The van der Waals surface area contributed by atoms with Crippen LogP contribution in [0, 0.1) is 0 Å². The molecule has 0 atom stereocenters. The Labute approximate surface area is 186 Å². The molecule has 2 aliphatic rings. The number of imidazole rings is 1. The fourth-order valence-electron chi connectivity index (χ4n) is 4.53. The first-order valence-corrected chi connectivity index (χ1v) is 11.1. The molecule has 0 saturated carbocycles. The van der Waals surface area contributed by atoms with Gasteiger partial charge in [-0.3, -0.25) is 4.98 Å². The van der Waals surface area contributed by atoms with Crippen LogP contribution >= 0.6 is 0 Å². The summed E-state index contributed by atoms with van der Waals surface area (Å²) in [5, 5.41) is 3.52. The van der Waals surface area contributed by atoms with E-state index in [0.717, 1.165) is 65.8 Å². The zero-order chi connectivity index (χ0) is 21.5. The Kier molecular flexibility index (Phi) is 4.72. The van der Waals surface area contributed by atoms with Crippen LogP contribution in [-0.4, -0.2) is 57.4 Å². The zero-order valence-electron chi connectivity index (χ0n) is 18.1. The highest BCUT2D eigenvalue weighted by Gasteiger charge is 2.23. The molecule has 0 aliphatic carbocycles. The molecule has 2 aliphatic heterocycles. The Morgan fingerprint density at radius 3 is 2.66 bits per heavy atom. The Bertz CT molecular complexity index is 1280. The van der Waals surface area contributed by atoms with Crippen LogP contribution in [0.3, 0.4) is 0 Å². The molecular weight excluding hydrogens is 402 g/mol. The Balaban J connectivity index is 1.54. The number of anilines is 2. The van der Waals surface area contributed by atoms with Crippen LogP contribution in [-0.2, 0) is 18.2 Å². The first-order valence-electron chi connectivity index (χ1n) is 11.1. The number of nitrogens with one attached hydrogen (secondary N) is 1. The van der Waals surface area contributed by atoms with Gasteiger partial charge in [-0.2, -0.15) is 0 Å². The van der Waals surface area contributed by atoms with Gasteiger partial charge < -0.3 is 19.5 Å². The summed E-state index contributed by atoms with van der Waals surface area (Å²) in [6.07, 6.45) is 5.85. The number of hydrogen-bond acceptors (Lipinski definition) is 7. The SMILES string of the molecule is Cn1c(-c2ccncc2)nc2c(N3CCOCC3)nc(-c3ccc4c(c3)NCCC4)nc21. The van der Waals surface area contributed by atoms with Gasteiger partial charge in [0.2, 0.25) is 0 Å². The van der Waals surface area contributed by atoms with Crippen LogP contribution in [0.5, 0.6) is 0 Å². The van der Waals surface area contributed by atoms with E-state index in [1.165, 1.54) is 17.7 Å². The normalized spacial score (nSPS) is 16.1. The van der Waals surface area contributed by atoms with E-state index in [1.807, 2.05) is 19.2 Å². The highest BCUT2D eigenvalue weighted by Crippen LogP contribution is 2.33. The van der Waals surface area contributed by atoms with Gasteiger partial charge in [-0.15, -0.1) is 0 Å². The number of morpholine rings is 1. The van der Waals surface area contributed by atoms with E-state index < -0.39 is 0 Å². The molecule has 8 heteroatoms. The molecule has 1 fully saturated rings. The van der Waals surface area contributed by atoms with Crippen molar-refractivity contribution in [3.63, 3.8) is 0 Å². The van der Waals surface area contributed by atoms with Gasteiger partial charge in [-0.1, -0.05) is 12.1 Å². The summed E-state index contributed by atoms with van der Waals surface area (Å²) in [6.45, 7) is 3.96. The summed E-state index contributed by atoms with van der Waals surface area (Å²) in [5.41, 5.74) is 6.21. The van der Waals surface area contributed by atoms with Crippen LogP contribution in [0.4, 0.5) is 11.5 Å². The van der Waals surface area contributed by atoms with E-state index in [4.69, 9.17) is 19.7 Å². The maximum absolute atomic E-state index is 5.58. The van der Waals surface area contributed by atoms with E-state index >= 15 is 0 Å². The van der Waals surface area contributed by atoms with E-state index in [2.05, 4.69) is 38.0 Å². The number of aryl methyl sites for hydroxylation is 2. The number of fused-ring (bicyclic) bond motifs is 2. The van der Waals surface area contributed by atoms with E-state index in [9.17, 15) is 0 Å². The summed E-state index contributed by atoms with van der Waals surface area (Å²) in [5.74, 6) is 2.45. The van der Waals surface area contributed by atoms with Crippen LogP contribution in [0.25, 0.3) is 33.9 Å². The molecule has 6 rings (SSSR count). The molecule has 0 bridgehead atoms. The molecule has 5 heterocycles. The highest BCUT2D eigenvalue weighted by molar-refractivity contribution is 5.89. The highest BCUT2D eigenvalue weighted by atomic mass is 16.5. The van der Waals surface area contributed by atoms with Crippen molar-refractivity contribution < 1.29 is 4.74 Å². The average molecular weight is 428 g/mol. The molecule has 1 N–H and O–H groups in total. The van der Waals surface area contributed by atoms with Crippen molar-refractivity contribution in [2.24, 2.45) is 7.05 Å². The Hall–Kier alpha value is -3.52. The van der Waals surface area contributed by atoms with Gasteiger partial charge in [0.05, 0.1) is 13.2 Å². The molecule has 32 heavy (non-hydrogen) atoms. The van der Waals surface area contributed by atoms with Crippen LogP contribution in [0.2, 0.25) is 0 Å². The van der Waals surface area contributed by atoms with Crippen molar-refractivity contribution in [1.29, 1.82) is 0 Å². The van der Waals surface area contributed by atoms with Crippen molar-refractivity contribution in [2.45, 2.75) is 12.8 Å². The first-order chi connectivity index (χ1) is 15.8. The third-order valence-corrected chi connectivity index (χ3v) is 6.26. The number of hydrogen-bond donors (Lipinski definition) is 1.